The van der Waals surface area contributed by atoms with Crippen molar-refractivity contribution < 1.29 is 38.1 Å². The number of primary amides is 1. The van der Waals surface area contributed by atoms with Crippen molar-refractivity contribution in [1.29, 1.82) is 5.26 Å². The third-order valence-electron chi connectivity index (χ3n) is 4.57. The molecule has 3 heterocycles. The number of aromatic nitrogens is 5. The molecule has 0 bridgehead atoms. The maximum atomic E-state index is 13.3. The Morgan fingerprint density at radius 3 is 2.32 bits per heavy atom. The number of ether oxygens (including phenoxy) is 4. The highest BCUT2D eigenvalue weighted by Crippen LogP contribution is 2.33. The minimum atomic E-state index is -1.49. The topological polar surface area (TPSA) is 221 Å². The molecule has 0 aliphatic carbocycles. The van der Waals surface area contributed by atoms with Crippen LogP contribution in [0.4, 0.5) is 0 Å². The molecule has 4 unspecified atom stereocenters. The van der Waals surface area contributed by atoms with Crippen LogP contribution in [-0.4, -0.2) is 73.5 Å². The summed E-state index contributed by atoms with van der Waals surface area (Å²) in [6.07, 6.45) is -5.30. The summed E-state index contributed by atoms with van der Waals surface area (Å²) in [5.74, 6) is -3.05. The zero-order valence-corrected chi connectivity index (χ0v) is 18.2. The van der Waals surface area contributed by atoms with Crippen molar-refractivity contribution >= 4 is 34.8 Å². The first-order valence-corrected chi connectivity index (χ1v) is 9.71. The smallest absolute Gasteiger partial charge is 0.303 e. The van der Waals surface area contributed by atoms with E-state index in [1.165, 1.54) is 0 Å². The Labute approximate surface area is 190 Å². The fraction of sp³-hybridized carbons (Fsp3) is 0.500. The van der Waals surface area contributed by atoms with Crippen molar-refractivity contribution in [1.82, 2.24) is 24.8 Å². The summed E-state index contributed by atoms with van der Waals surface area (Å²) in [6, 6.07) is 1.74. The van der Waals surface area contributed by atoms with Crippen molar-refractivity contribution in [2.24, 2.45) is 5.73 Å². The molecule has 1 fully saturated rings. The summed E-state index contributed by atoms with van der Waals surface area (Å²) in [5.41, 5.74) is 3.52. The van der Waals surface area contributed by atoms with E-state index in [9.17, 15) is 29.2 Å². The first-order chi connectivity index (χ1) is 16.0. The first-order valence-electron chi connectivity index (χ1n) is 9.71. The Morgan fingerprint density at radius 2 is 1.76 bits per heavy atom. The van der Waals surface area contributed by atoms with Gasteiger partial charge in [-0.3, -0.25) is 24.0 Å². The van der Waals surface area contributed by atoms with Crippen LogP contribution < -0.4 is 11.3 Å². The number of nitriles is 1. The van der Waals surface area contributed by atoms with Crippen molar-refractivity contribution in [3.8, 4) is 6.07 Å². The Hall–Kier alpha value is -4.39. The third-order valence-corrected chi connectivity index (χ3v) is 4.57. The standard InChI is InChI=1S/C18H19N7O9/c1-7(26)31-6-11-15(32-8(2)27)16(33-9(3)28)18(34-11)25-17(30)14-13(21-23-25)10(4-19)22-24(14)5-12(20)29/h11,15-16,18H,5-6H2,1-3H3,(H2,20,29). The van der Waals surface area contributed by atoms with Crippen LogP contribution in [0.2, 0.25) is 0 Å². The van der Waals surface area contributed by atoms with Gasteiger partial charge >= 0.3 is 17.9 Å². The predicted octanol–water partition coefficient (Wildman–Crippen LogP) is -2.33. The van der Waals surface area contributed by atoms with Gasteiger partial charge in [-0.15, -0.1) is 5.10 Å². The summed E-state index contributed by atoms with van der Waals surface area (Å²) in [7, 11) is 0. The molecule has 1 amide bonds. The third kappa shape index (κ3) is 4.83. The first kappa shape index (κ1) is 24.3. The monoisotopic (exact) mass is 477 g/mol. The van der Waals surface area contributed by atoms with E-state index in [1.807, 2.05) is 0 Å². The average molecular weight is 477 g/mol. The number of amides is 1. The van der Waals surface area contributed by atoms with Gasteiger partial charge in [0.15, 0.2) is 35.2 Å². The lowest BCUT2D eigenvalue weighted by Gasteiger charge is -2.23. The second-order valence-electron chi connectivity index (χ2n) is 7.14. The van der Waals surface area contributed by atoms with Gasteiger partial charge < -0.3 is 24.7 Å². The van der Waals surface area contributed by atoms with E-state index in [0.717, 1.165) is 25.5 Å². The molecule has 2 N–H and O–H groups in total. The van der Waals surface area contributed by atoms with Gasteiger partial charge in [0.05, 0.1) is 0 Å². The minimum absolute atomic E-state index is 0.194. The fourth-order valence-corrected chi connectivity index (χ4v) is 3.39. The highest BCUT2D eigenvalue weighted by Gasteiger charge is 2.51. The molecule has 16 heteroatoms. The molecule has 0 spiro atoms. The second kappa shape index (κ2) is 9.62. The minimum Gasteiger partial charge on any atom is -0.463 e. The SMILES string of the molecule is CC(=O)OCC1OC(n2nnc3c(C#N)nn(CC(N)=O)c3c2=O)C(OC(C)=O)C1OC(C)=O. The molecule has 2 aromatic heterocycles. The molecule has 1 aliphatic rings. The summed E-state index contributed by atoms with van der Waals surface area (Å²) >= 11 is 0. The Bertz CT molecular complexity index is 1260. The van der Waals surface area contributed by atoms with E-state index in [2.05, 4.69) is 15.4 Å². The van der Waals surface area contributed by atoms with Gasteiger partial charge in [0.1, 0.15) is 25.3 Å². The summed E-state index contributed by atoms with van der Waals surface area (Å²) in [4.78, 5) is 59.4. The van der Waals surface area contributed by atoms with Gasteiger partial charge in [-0.25, -0.2) is 4.68 Å². The van der Waals surface area contributed by atoms with E-state index in [4.69, 9.17) is 24.7 Å². The summed E-state index contributed by atoms with van der Waals surface area (Å²) in [6.45, 7) is 2.39. The van der Waals surface area contributed by atoms with Gasteiger partial charge in [-0.05, 0) is 0 Å². The molecule has 0 saturated carbocycles. The highest BCUT2D eigenvalue weighted by molar-refractivity contribution is 5.81. The zero-order chi connectivity index (χ0) is 25.2. The number of nitrogens with zero attached hydrogens (tertiary/aromatic N) is 6. The summed E-state index contributed by atoms with van der Waals surface area (Å²) in [5, 5.41) is 20.7. The van der Waals surface area contributed by atoms with Crippen LogP contribution in [0.15, 0.2) is 4.79 Å². The molecule has 0 aromatic carbocycles. The van der Waals surface area contributed by atoms with E-state index in [0.29, 0.717) is 4.68 Å². The number of rotatable bonds is 7. The average Bonchev–Trinajstić information content (AvgIpc) is 3.24. The molecule has 1 aliphatic heterocycles. The number of carbonyl (C=O) groups excluding carboxylic acids is 4. The largest absolute Gasteiger partial charge is 0.463 e. The van der Waals surface area contributed by atoms with Crippen LogP contribution in [0.5, 0.6) is 0 Å². The molecule has 3 rings (SSSR count). The molecule has 34 heavy (non-hydrogen) atoms. The van der Waals surface area contributed by atoms with Crippen LogP contribution in [0.1, 0.15) is 32.7 Å². The van der Waals surface area contributed by atoms with Crippen molar-refractivity contribution in [2.45, 2.75) is 51.9 Å². The van der Waals surface area contributed by atoms with Crippen LogP contribution in [0.25, 0.3) is 11.0 Å². The van der Waals surface area contributed by atoms with E-state index in [-0.39, 0.29) is 16.7 Å². The van der Waals surface area contributed by atoms with Crippen LogP contribution in [-0.2, 0) is 44.7 Å². The lowest BCUT2D eigenvalue weighted by atomic mass is 10.1. The molecular formula is C18H19N7O9. The van der Waals surface area contributed by atoms with Crippen molar-refractivity contribution in [2.75, 3.05) is 6.61 Å². The molecule has 0 radical (unpaired) electrons. The lowest BCUT2D eigenvalue weighted by Crippen LogP contribution is -2.42. The second-order valence-corrected chi connectivity index (χ2v) is 7.14. The van der Waals surface area contributed by atoms with Crippen molar-refractivity contribution in [3.05, 3.63) is 16.0 Å². The van der Waals surface area contributed by atoms with Gasteiger partial charge in [0, 0.05) is 20.8 Å². The zero-order valence-electron chi connectivity index (χ0n) is 18.2. The summed E-state index contributed by atoms with van der Waals surface area (Å²) < 4.78 is 22.7. The maximum Gasteiger partial charge on any atom is 0.303 e. The van der Waals surface area contributed by atoms with Gasteiger partial charge in [0.25, 0.3) is 5.56 Å². The molecule has 2 aromatic rings. The number of carbonyl (C=O) groups is 4. The van der Waals surface area contributed by atoms with E-state index in [1.54, 1.807) is 6.07 Å². The molecule has 180 valence electrons. The van der Waals surface area contributed by atoms with Gasteiger partial charge in [0.2, 0.25) is 5.91 Å². The maximum absolute atomic E-state index is 13.3. The highest BCUT2D eigenvalue weighted by atomic mass is 16.7. The number of hydrogen-bond donors (Lipinski definition) is 1. The van der Waals surface area contributed by atoms with Gasteiger partial charge in [-0.2, -0.15) is 15.0 Å². The molecular weight excluding hydrogens is 458 g/mol. The van der Waals surface area contributed by atoms with Gasteiger partial charge in [-0.1, -0.05) is 5.21 Å². The predicted molar refractivity (Wildman–Crippen MR) is 105 cm³/mol. The Morgan fingerprint density at radius 1 is 1.12 bits per heavy atom. The van der Waals surface area contributed by atoms with Crippen LogP contribution in [0, 0.1) is 11.3 Å². The quantitative estimate of drug-likeness (QED) is 0.327. The van der Waals surface area contributed by atoms with Crippen LogP contribution >= 0.6 is 0 Å². The van der Waals surface area contributed by atoms with E-state index >= 15 is 0 Å². The fourth-order valence-electron chi connectivity index (χ4n) is 3.39. The Balaban J connectivity index is 2.14. The number of hydrogen-bond acceptors (Lipinski definition) is 13. The molecule has 4 atom stereocenters. The lowest BCUT2D eigenvalue weighted by molar-refractivity contribution is -0.166. The van der Waals surface area contributed by atoms with Crippen LogP contribution in [0.3, 0.4) is 0 Å². The number of nitrogens with two attached hydrogens (primary N) is 1. The number of esters is 3. The number of fused-ring (bicyclic) bond motifs is 1. The molecule has 16 nitrogen and oxygen atoms in total. The van der Waals surface area contributed by atoms with E-state index < -0.39 is 67.1 Å². The molecule has 1 saturated heterocycles. The van der Waals surface area contributed by atoms with Crippen molar-refractivity contribution in [3.63, 3.8) is 0 Å². The Kier molecular flexibility index (Phi) is 6.86. The normalized spacial score (nSPS) is 21.6.